The minimum atomic E-state index is -4.17. The number of nitro groups is 1. The minimum absolute atomic E-state index is 0.0410. The lowest BCUT2D eigenvalue weighted by Crippen LogP contribution is -2.18. The molecule has 10 nitrogen and oxygen atoms in total. The highest BCUT2D eigenvalue weighted by molar-refractivity contribution is 7.55. The summed E-state index contributed by atoms with van der Waals surface area (Å²) >= 11 is 0. The average Bonchev–Trinajstić information content (AvgIpc) is 3.42. The lowest BCUT2D eigenvalue weighted by atomic mass is 10.2. The number of rotatable bonds is 10. The van der Waals surface area contributed by atoms with E-state index in [2.05, 4.69) is 15.5 Å². The second-order valence-corrected chi connectivity index (χ2v) is 9.98. The number of nitrogens with zero attached hydrogens (tertiary/aromatic N) is 3. The fourth-order valence-corrected chi connectivity index (χ4v) is 5.48. The summed E-state index contributed by atoms with van der Waals surface area (Å²) in [6.45, 7) is 0. The Bertz CT molecular complexity index is 1500. The SMILES string of the molecule is O=[N+]([O-])c1ccc(C(Nc2nnc(-c3ccccc3)o2)P(=O)(Oc2ccccc2)Oc2ccccc2)cc1. The summed E-state index contributed by atoms with van der Waals surface area (Å²) in [6, 6.07) is 31.8. The van der Waals surface area contributed by atoms with Crippen molar-refractivity contribution in [2.24, 2.45) is 0 Å². The molecule has 4 aromatic carbocycles. The summed E-state index contributed by atoms with van der Waals surface area (Å²) < 4.78 is 32.4. The first-order valence-corrected chi connectivity index (χ1v) is 13.1. The van der Waals surface area contributed by atoms with Gasteiger partial charge in [-0.3, -0.25) is 10.1 Å². The van der Waals surface area contributed by atoms with E-state index in [9.17, 15) is 14.7 Å². The molecule has 38 heavy (non-hydrogen) atoms. The van der Waals surface area contributed by atoms with Crippen LogP contribution in [0.2, 0.25) is 0 Å². The highest BCUT2D eigenvalue weighted by atomic mass is 31.2. The van der Waals surface area contributed by atoms with Crippen molar-refractivity contribution in [1.82, 2.24) is 10.2 Å². The third-order valence-electron chi connectivity index (χ3n) is 5.39. The van der Waals surface area contributed by atoms with Crippen molar-refractivity contribution < 1.29 is 23.0 Å². The van der Waals surface area contributed by atoms with Crippen molar-refractivity contribution >= 4 is 19.3 Å². The molecule has 190 valence electrons. The Morgan fingerprint density at radius 2 is 1.29 bits per heavy atom. The van der Waals surface area contributed by atoms with Crippen LogP contribution < -0.4 is 14.4 Å². The summed E-state index contributed by atoms with van der Waals surface area (Å²) in [5.41, 5.74) is 0.953. The van der Waals surface area contributed by atoms with Crippen molar-refractivity contribution in [3.05, 3.63) is 131 Å². The number of non-ortho nitro benzene ring substituents is 1. The molecule has 5 aromatic rings. The van der Waals surface area contributed by atoms with Gasteiger partial charge in [0.1, 0.15) is 11.5 Å². The molecule has 1 N–H and O–H groups in total. The molecule has 1 atom stereocenters. The predicted molar refractivity (Wildman–Crippen MR) is 141 cm³/mol. The van der Waals surface area contributed by atoms with Gasteiger partial charge >= 0.3 is 13.6 Å². The second-order valence-electron chi connectivity index (χ2n) is 8.02. The number of nitro benzene ring substituents is 1. The molecule has 0 radical (unpaired) electrons. The van der Waals surface area contributed by atoms with E-state index in [1.54, 1.807) is 60.7 Å². The quantitative estimate of drug-likeness (QED) is 0.114. The molecule has 1 aromatic heterocycles. The Labute approximate surface area is 217 Å². The van der Waals surface area contributed by atoms with Crippen LogP contribution in [0.5, 0.6) is 11.5 Å². The normalized spacial score (nSPS) is 11.9. The predicted octanol–water partition coefficient (Wildman–Crippen LogP) is 7.11. The number of nitrogens with one attached hydrogen (secondary N) is 1. The van der Waals surface area contributed by atoms with E-state index < -0.39 is 18.3 Å². The molecule has 0 saturated carbocycles. The Balaban J connectivity index is 1.57. The molecule has 0 amide bonds. The highest BCUT2D eigenvalue weighted by Gasteiger charge is 2.42. The van der Waals surface area contributed by atoms with Crippen LogP contribution in [0.1, 0.15) is 11.3 Å². The van der Waals surface area contributed by atoms with Crippen LogP contribution in [-0.4, -0.2) is 15.1 Å². The van der Waals surface area contributed by atoms with Crippen molar-refractivity contribution in [2.45, 2.75) is 5.78 Å². The van der Waals surface area contributed by atoms with Crippen LogP contribution in [-0.2, 0) is 4.57 Å². The summed E-state index contributed by atoms with van der Waals surface area (Å²) in [4.78, 5) is 10.7. The van der Waals surface area contributed by atoms with E-state index in [0.717, 1.165) is 0 Å². The average molecular weight is 528 g/mol. The zero-order valence-electron chi connectivity index (χ0n) is 19.8. The molecule has 1 unspecified atom stereocenters. The molecular weight excluding hydrogens is 507 g/mol. The molecule has 0 saturated heterocycles. The smallest absolute Gasteiger partial charge is 0.414 e. The van der Waals surface area contributed by atoms with Gasteiger partial charge in [-0.25, -0.2) is 4.57 Å². The Hall–Kier alpha value is -4.95. The number of para-hydroxylation sites is 2. The van der Waals surface area contributed by atoms with E-state index in [1.807, 2.05) is 30.3 Å². The lowest BCUT2D eigenvalue weighted by Gasteiger charge is -2.27. The first kappa shape index (κ1) is 24.7. The van der Waals surface area contributed by atoms with Gasteiger partial charge in [0.15, 0.2) is 5.78 Å². The van der Waals surface area contributed by atoms with Crippen LogP contribution in [0, 0.1) is 10.1 Å². The highest BCUT2D eigenvalue weighted by Crippen LogP contribution is 2.60. The van der Waals surface area contributed by atoms with Gasteiger partial charge in [-0.15, -0.1) is 5.10 Å². The maximum atomic E-state index is 14.6. The molecule has 1 heterocycles. The van der Waals surface area contributed by atoms with E-state index >= 15 is 0 Å². The molecular formula is C27H21N4O6P. The van der Waals surface area contributed by atoms with Gasteiger partial charge < -0.3 is 18.8 Å². The first-order valence-electron chi connectivity index (χ1n) is 11.5. The molecule has 0 aliphatic rings. The summed E-state index contributed by atoms with van der Waals surface area (Å²) in [6.07, 6.45) is 0. The fourth-order valence-electron chi connectivity index (χ4n) is 3.60. The molecule has 0 aliphatic carbocycles. The van der Waals surface area contributed by atoms with E-state index in [1.165, 1.54) is 24.3 Å². The van der Waals surface area contributed by atoms with Gasteiger partial charge in [0.25, 0.3) is 5.69 Å². The summed E-state index contributed by atoms with van der Waals surface area (Å²) in [5.74, 6) is -0.335. The maximum absolute atomic E-state index is 14.6. The second kappa shape index (κ2) is 11.0. The first-order chi connectivity index (χ1) is 18.5. The number of benzene rings is 4. The topological polar surface area (TPSA) is 130 Å². The number of anilines is 1. The van der Waals surface area contributed by atoms with Gasteiger partial charge in [0.2, 0.25) is 5.89 Å². The number of aromatic nitrogens is 2. The van der Waals surface area contributed by atoms with Crippen LogP contribution >= 0.6 is 7.60 Å². The Morgan fingerprint density at radius 1 is 0.763 bits per heavy atom. The van der Waals surface area contributed by atoms with Gasteiger partial charge in [0.05, 0.1) is 4.92 Å². The van der Waals surface area contributed by atoms with E-state index in [0.29, 0.717) is 22.6 Å². The minimum Gasteiger partial charge on any atom is -0.414 e. The van der Waals surface area contributed by atoms with Gasteiger partial charge in [-0.1, -0.05) is 59.7 Å². The molecule has 11 heteroatoms. The monoisotopic (exact) mass is 528 g/mol. The zero-order valence-corrected chi connectivity index (χ0v) is 20.7. The van der Waals surface area contributed by atoms with Crippen molar-refractivity contribution in [3.63, 3.8) is 0 Å². The zero-order chi connectivity index (χ0) is 26.4. The lowest BCUT2D eigenvalue weighted by molar-refractivity contribution is -0.384. The number of hydrogen-bond donors (Lipinski definition) is 1. The third-order valence-corrected chi connectivity index (χ3v) is 7.38. The van der Waals surface area contributed by atoms with Gasteiger partial charge in [0, 0.05) is 17.7 Å². The van der Waals surface area contributed by atoms with Crippen molar-refractivity contribution in [3.8, 4) is 23.0 Å². The third kappa shape index (κ3) is 5.71. The van der Waals surface area contributed by atoms with Crippen molar-refractivity contribution in [1.29, 1.82) is 0 Å². The van der Waals surface area contributed by atoms with Crippen LogP contribution in [0.25, 0.3) is 11.5 Å². The van der Waals surface area contributed by atoms with E-state index in [-0.39, 0.29) is 17.6 Å². The summed E-state index contributed by atoms with van der Waals surface area (Å²) in [5, 5.41) is 22.4. The fraction of sp³-hybridized carbons (Fsp3) is 0.0370. The molecule has 0 spiro atoms. The largest absolute Gasteiger partial charge is 0.457 e. The Kier molecular flexibility index (Phi) is 7.15. The molecule has 0 fully saturated rings. The Morgan fingerprint density at radius 3 is 1.82 bits per heavy atom. The molecule has 0 bridgehead atoms. The maximum Gasteiger partial charge on any atom is 0.457 e. The van der Waals surface area contributed by atoms with E-state index in [4.69, 9.17) is 13.5 Å². The molecule has 5 rings (SSSR count). The number of hydrogen-bond acceptors (Lipinski definition) is 9. The van der Waals surface area contributed by atoms with Gasteiger partial charge in [-0.05, 0) is 54.1 Å². The standard InChI is InChI=1S/C27H21N4O6P/c32-31(33)22-18-16-21(17-19-22)26(28-27-30-29-25(35-27)20-10-4-1-5-11-20)38(34,36-23-12-6-2-7-13-23)37-24-14-8-3-9-15-24/h1-19,26H,(H,28,30). The van der Waals surface area contributed by atoms with Crippen LogP contribution in [0.3, 0.4) is 0 Å². The summed E-state index contributed by atoms with van der Waals surface area (Å²) in [7, 11) is -4.17. The van der Waals surface area contributed by atoms with Crippen molar-refractivity contribution in [2.75, 3.05) is 5.32 Å². The molecule has 0 aliphatic heterocycles. The van der Waals surface area contributed by atoms with Crippen LogP contribution in [0.15, 0.2) is 120 Å². The van der Waals surface area contributed by atoms with Crippen LogP contribution in [0.4, 0.5) is 11.7 Å². The van der Waals surface area contributed by atoms with Gasteiger partial charge in [-0.2, -0.15) is 0 Å².